The molecule has 0 aliphatic carbocycles. The fraction of sp³-hybridized carbons (Fsp3) is 0.158. The van der Waals surface area contributed by atoms with Crippen molar-refractivity contribution in [2.45, 2.75) is 6.61 Å². The molecule has 1 aliphatic heterocycles. The molecule has 7 heteroatoms. The molecule has 0 atom stereocenters. The smallest absolute Gasteiger partial charge is 0.331 e. The maximum absolute atomic E-state index is 11.9. The van der Waals surface area contributed by atoms with E-state index in [4.69, 9.17) is 18.7 Å². The van der Waals surface area contributed by atoms with Crippen molar-refractivity contribution in [2.75, 3.05) is 13.2 Å². The molecule has 3 heterocycles. The number of hydrogen-bond acceptors (Lipinski definition) is 7. The third-order valence-electron chi connectivity index (χ3n) is 3.66. The molecule has 132 valence electrons. The van der Waals surface area contributed by atoms with Crippen molar-refractivity contribution in [1.82, 2.24) is 5.16 Å². The van der Waals surface area contributed by atoms with Crippen LogP contribution in [-0.2, 0) is 16.1 Å². The molecule has 6 nitrogen and oxygen atoms in total. The molecule has 1 aliphatic rings. The van der Waals surface area contributed by atoms with Gasteiger partial charge in [-0.2, -0.15) is 0 Å². The fourth-order valence-electron chi connectivity index (χ4n) is 2.44. The molecule has 26 heavy (non-hydrogen) atoms. The summed E-state index contributed by atoms with van der Waals surface area (Å²) in [6.07, 6.45) is 3.03. The van der Waals surface area contributed by atoms with Crippen molar-refractivity contribution in [3.63, 3.8) is 0 Å². The first kappa shape index (κ1) is 16.4. The number of nitrogens with zero attached hydrogens (tertiary/aromatic N) is 1. The molecule has 0 unspecified atom stereocenters. The van der Waals surface area contributed by atoms with Gasteiger partial charge in [-0.3, -0.25) is 0 Å². The summed E-state index contributed by atoms with van der Waals surface area (Å²) in [5.74, 6) is 1.59. The molecule has 3 aromatic rings. The van der Waals surface area contributed by atoms with Crippen LogP contribution in [0, 0.1) is 0 Å². The van der Waals surface area contributed by atoms with E-state index in [0.717, 1.165) is 10.4 Å². The largest absolute Gasteiger partial charge is 0.486 e. The van der Waals surface area contributed by atoms with E-state index in [1.807, 2.05) is 35.7 Å². The molecule has 0 fully saturated rings. The number of esters is 1. The highest BCUT2D eigenvalue weighted by Gasteiger charge is 2.11. The zero-order chi connectivity index (χ0) is 17.8. The maximum Gasteiger partial charge on any atom is 0.331 e. The summed E-state index contributed by atoms with van der Waals surface area (Å²) in [5, 5.41) is 5.87. The number of ether oxygens (including phenoxy) is 3. The molecule has 0 bridgehead atoms. The number of benzene rings is 1. The molecule has 4 rings (SSSR count). The maximum atomic E-state index is 11.9. The minimum Gasteiger partial charge on any atom is -0.486 e. The van der Waals surface area contributed by atoms with E-state index >= 15 is 0 Å². The molecule has 0 spiro atoms. The Labute approximate surface area is 153 Å². The third kappa shape index (κ3) is 3.78. The first-order chi connectivity index (χ1) is 12.8. The summed E-state index contributed by atoms with van der Waals surface area (Å²) in [6.45, 7) is 1.12. The average Bonchev–Trinajstić information content (AvgIpc) is 3.36. The SMILES string of the molecule is O=C(/C=C/c1ccc2c(c1)OCCO2)OCc1cc(-c2cccs2)on1. The zero-order valence-corrected chi connectivity index (χ0v) is 14.5. The van der Waals surface area contributed by atoms with Gasteiger partial charge in [0.15, 0.2) is 17.3 Å². The quantitative estimate of drug-likeness (QED) is 0.501. The van der Waals surface area contributed by atoms with Crippen LogP contribution in [0.1, 0.15) is 11.3 Å². The Morgan fingerprint density at radius 3 is 2.92 bits per heavy atom. The van der Waals surface area contributed by atoms with Gasteiger partial charge in [-0.25, -0.2) is 4.79 Å². The first-order valence-corrected chi connectivity index (χ1v) is 8.90. The van der Waals surface area contributed by atoms with E-state index in [-0.39, 0.29) is 6.61 Å². The van der Waals surface area contributed by atoms with Gasteiger partial charge in [0.05, 0.1) is 4.88 Å². The molecule has 0 N–H and O–H groups in total. The number of hydrogen-bond donors (Lipinski definition) is 0. The summed E-state index contributed by atoms with van der Waals surface area (Å²) >= 11 is 1.56. The van der Waals surface area contributed by atoms with Gasteiger partial charge in [0.2, 0.25) is 0 Å². The standard InChI is InChI=1S/C19H15NO5S/c21-19(6-4-13-3-5-15-16(10-13)23-8-7-22-15)24-12-14-11-17(25-20-14)18-2-1-9-26-18/h1-6,9-11H,7-8,12H2/b6-4+. The first-order valence-electron chi connectivity index (χ1n) is 8.02. The van der Waals surface area contributed by atoms with Crippen LogP contribution < -0.4 is 9.47 Å². The fourth-order valence-corrected chi connectivity index (χ4v) is 3.11. The van der Waals surface area contributed by atoms with Crippen LogP contribution in [0.3, 0.4) is 0 Å². The Hall–Kier alpha value is -3.06. The number of fused-ring (bicyclic) bond motifs is 1. The van der Waals surface area contributed by atoms with E-state index in [0.29, 0.717) is 36.2 Å². The van der Waals surface area contributed by atoms with E-state index in [1.165, 1.54) is 6.08 Å². The summed E-state index contributed by atoms with van der Waals surface area (Å²) in [7, 11) is 0. The minimum absolute atomic E-state index is 0.0547. The minimum atomic E-state index is -0.458. The molecule has 0 saturated heterocycles. The predicted molar refractivity (Wildman–Crippen MR) is 96.1 cm³/mol. The second-order valence-electron chi connectivity index (χ2n) is 5.50. The van der Waals surface area contributed by atoms with Gasteiger partial charge >= 0.3 is 5.97 Å². The summed E-state index contributed by atoms with van der Waals surface area (Å²) < 4.78 is 21.4. The van der Waals surface area contributed by atoms with Gasteiger partial charge in [-0.05, 0) is 35.2 Å². The lowest BCUT2D eigenvalue weighted by molar-refractivity contribution is -0.139. The van der Waals surface area contributed by atoms with E-state index in [2.05, 4.69) is 5.16 Å². The Balaban J connectivity index is 1.33. The van der Waals surface area contributed by atoms with Gasteiger partial charge < -0.3 is 18.7 Å². The highest BCUT2D eigenvalue weighted by molar-refractivity contribution is 7.13. The second kappa shape index (κ2) is 7.45. The van der Waals surface area contributed by atoms with Gasteiger partial charge in [0, 0.05) is 12.1 Å². The lowest BCUT2D eigenvalue weighted by Gasteiger charge is -2.18. The molecule has 0 amide bonds. The number of carbonyl (C=O) groups is 1. The predicted octanol–water partition coefficient (Wildman–Crippen LogP) is 3.93. The number of thiophene rings is 1. The van der Waals surface area contributed by atoms with Gasteiger partial charge in [0.25, 0.3) is 0 Å². The van der Waals surface area contributed by atoms with Crippen molar-refractivity contribution in [3.05, 3.63) is 59.1 Å². The Morgan fingerprint density at radius 2 is 2.08 bits per heavy atom. The van der Waals surface area contributed by atoms with E-state index in [1.54, 1.807) is 23.5 Å². The number of rotatable bonds is 5. The van der Waals surface area contributed by atoms with Crippen LogP contribution in [0.25, 0.3) is 16.7 Å². The van der Waals surface area contributed by atoms with Gasteiger partial charge in [-0.1, -0.05) is 17.3 Å². The monoisotopic (exact) mass is 369 g/mol. The van der Waals surface area contributed by atoms with Crippen LogP contribution in [0.4, 0.5) is 0 Å². The molecular weight excluding hydrogens is 354 g/mol. The number of aromatic nitrogens is 1. The molecule has 2 aromatic heterocycles. The van der Waals surface area contributed by atoms with Crippen LogP contribution in [0.5, 0.6) is 11.5 Å². The van der Waals surface area contributed by atoms with Crippen molar-refractivity contribution < 1.29 is 23.5 Å². The molecule has 0 radical (unpaired) electrons. The van der Waals surface area contributed by atoms with E-state index < -0.39 is 5.97 Å². The Morgan fingerprint density at radius 1 is 1.19 bits per heavy atom. The number of carbonyl (C=O) groups excluding carboxylic acids is 1. The summed E-state index contributed by atoms with van der Waals surface area (Å²) in [4.78, 5) is 12.9. The summed E-state index contributed by atoms with van der Waals surface area (Å²) in [5.41, 5.74) is 1.39. The van der Waals surface area contributed by atoms with Crippen LogP contribution in [0.15, 0.2) is 52.4 Å². The topological polar surface area (TPSA) is 70.8 Å². The second-order valence-corrected chi connectivity index (χ2v) is 6.45. The van der Waals surface area contributed by atoms with Crippen molar-refractivity contribution >= 4 is 23.4 Å². The van der Waals surface area contributed by atoms with Gasteiger partial charge in [0.1, 0.15) is 25.5 Å². The Kier molecular flexibility index (Phi) is 4.70. The molecular formula is C19H15NO5S. The molecule has 1 aromatic carbocycles. The van der Waals surface area contributed by atoms with Crippen molar-refractivity contribution in [2.24, 2.45) is 0 Å². The summed E-state index contributed by atoms with van der Waals surface area (Å²) in [6, 6.07) is 11.1. The molecule has 0 saturated carbocycles. The van der Waals surface area contributed by atoms with E-state index in [9.17, 15) is 4.79 Å². The zero-order valence-electron chi connectivity index (χ0n) is 13.7. The third-order valence-corrected chi connectivity index (χ3v) is 4.55. The van der Waals surface area contributed by atoms with Crippen LogP contribution in [-0.4, -0.2) is 24.3 Å². The average molecular weight is 369 g/mol. The van der Waals surface area contributed by atoms with Crippen LogP contribution >= 0.6 is 11.3 Å². The lowest BCUT2D eigenvalue weighted by atomic mass is 10.2. The Bertz CT molecular complexity index is 929. The normalized spacial score (nSPS) is 13.1. The van der Waals surface area contributed by atoms with Crippen molar-refractivity contribution in [1.29, 1.82) is 0 Å². The lowest BCUT2D eigenvalue weighted by Crippen LogP contribution is -2.15. The van der Waals surface area contributed by atoms with Crippen LogP contribution in [0.2, 0.25) is 0 Å². The highest BCUT2D eigenvalue weighted by atomic mass is 32.1. The van der Waals surface area contributed by atoms with Crippen molar-refractivity contribution in [3.8, 4) is 22.1 Å². The van der Waals surface area contributed by atoms with Gasteiger partial charge in [-0.15, -0.1) is 11.3 Å². The highest BCUT2D eigenvalue weighted by Crippen LogP contribution is 2.31.